The Balaban J connectivity index is -0.0000000133. The first-order chi connectivity index (χ1) is 2.00. The minimum Gasteiger partial charge on any atom is -0.264 e. The van der Waals surface area contributed by atoms with E-state index in [0.29, 0.717) is 0 Å². The van der Waals surface area contributed by atoms with Crippen molar-refractivity contribution >= 4 is 10.4 Å². The standard InChI is InChI=1S/3K.H2O4S/c;;;1-5(2,3)4/h;;;(H2,1,2,3,4)/q3*+1;/p+1. The Hall–Kier alpha value is 4.78. The van der Waals surface area contributed by atoms with E-state index in [0.717, 1.165) is 0 Å². The zero-order valence-electron chi connectivity index (χ0n) is 6.12. The van der Waals surface area contributed by atoms with Gasteiger partial charge in [-0.2, -0.15) is 8.42 Å². The quantitative estimate of drug-likeness (QED) is 0.311. The van der Waals surface area contributed by atoms with Crippen LogP contribution in [0.2, 0.25) is 0 Å². The van der Waals surface area contributed by atoms with E-state index in [2.05, 4.69) is 0 Å². The molecule has 32 valence electrons. The van der Waals surface area contributed by atoms with Crippen LogP contribution in [-0.2, 0) is 10.4 Å². The second kappa shape index (κ2) is 11.8. The molecule has 0 rings (SSSR count). The first-order valence-corrected chi connectivity index (χ1v) is 2.10. The first kappa shape index (κ1) is 23.0. The van der Waals surface area contributed by atoms with E-state index in [-0.39, 0.29) is 156 Å². The van der Waals surface area contributed by atoms with Crippen molar-refractivity contribution in [3.05, 3.63) is 0 Å². The van der Waals surface area contributed by atoms with Gasteiger partial charge in [-0.1, -0.05) is 0 Å². The topological polar surface area (TPSA) is 74.6 Å². The molecule has 0 aliphatic carbocycles. The van der Waals surface area contributed by atoms with Crippen LogP contribution in [0.15, 0.2) is 0 Å². The third-order valence-electron chi connectivity index (χ3n) is 0. The van der Waals surface area contributed by atoms with Crippen LogP contribution in [0, 0.1) is 0 Å². The summed E-state index contributed by atoms with van der Waals surface area (Å²) in [5.41, 5.74) is 0. The Bertz CT molecular complexity index is 99.0. The van der Waals surface area contributed by atoms with Crippen molar-refractivity contribution in [3.8, 4) is 0 Å². The summed E-state index contributed by atoms with van der Waals surface area (Å²) in [6, 6.07) is 0. The van der Waals surface area contributed by atoms with Crippen LogP contribution in [0.5, 0.6) is 0 Å². The Morgan fingerprint density at radius 2 is 1.00 bits per heavy atom. The van der Waals surface area contributed by atoms with Crippen LogP contribution >= 0.6 is 0 Å². The molecule has 0 aromatic rings. The van der Waals surface area contributed by atoms with Gasteiger partial charge in [-0.3, -0.25) is 9.11 Å². The number of rotatable bonds is 0. The molecular formula is H3K3O4S+4. The van der Waals surface area contributed by atoms with Gasteiger partial charge in [0, 0.05) is 0 Å². The molecule has 0 amide bonds. The monoisotopic (exact) mass is 216 g/mol. The molecule has 4 nitrogen and oxygen atoms in total. The summed E-state index contributed by atoms with van der Waals surface area (Å²) >= 11 is 0. The molecule has 2 N–H and O–H groups in total. The van der Waals surface area contributed by atoms with Crippen molar-refractivity contribution in [2.45, 2.75) is 0 Å². The maximum atomic E-state index is 8.74. The predicted octanol–water partition coefficient (Wildman–Crippen LogP) is -9.53. The van der Waals surface area contributed by atoms with Crippen LogP contribution in [-0.4, -0.2) is 17.5 Å². The molecule has 0 fully saturated rings. The Kier molecular flexibility index (Phi) is 33.9. The van der Waals surface area contributed by atoms with E-state index in [1.54, 1.807) is 0 Å². The van der Waals surface area contributed by atoms with Crippen molar-refractivity contribution < 1.29 is 173 Å². The summed E-state index contributed by atoms with van der Waals surface area (Å²) < 4.78 is 31.6. The third-order valence-corrected chi connectivity index (χ3v) is 0. The second-order valence-electron chi connectivity index (χ2n) is 0.448. The summed E-state index contributed by atoms with van der Waals surface area (Å²) in [5, 5.41) is 0. The molecule has 0 unspecified atom stereocenters. The number of hydrogen-bond donors (Lipinski definition) is 2. The Morgan fingerprint density at radius 1 is 1.00 bits per heavy atom. The summed E-state index contributed by atoms with van der Waals surface area (Å²) in [7, 11) is -4.67. The molecular weight excluding hydrogens is 213 g/mol. The molecule has 0 aromatic carbocycles. The summed E-state index contributed by atoms with van der Waals surface area (Å²) in [4.78, 5) is 0. The molecule has 0 radical (unpaired) electrons. The molecule has 8 heavy (non-hydrogen) atoms. The first-order valence-electron chi connectivity index (χ1n) is 0.698. The molecule has 0 atom stereocenters. The second-order valence-corrected chi connectivity index (χ2v) is 1.34. The molecule has 0 aliphatic rings. The Morgan fingerprint density at radius 3 is 1.00 bits per heavy atom. The van der Waals surface area contributed by atoms with Crippen molar-refractivity contribution in [2.75, 3.05) is 0 Å². The van der Waals surface area contributed by atoms with Gasteiger partial charge in [0.2, 0.25) is 0 Å². The van der Waals surface area contributed by atoms with Crippen molar-refractivity contribution in [1.29, 1.82) is 0 Å². The van der Waals surface area contributed by atoms with Crippen LogP contribution in [0.3, 0.4) is 0 Å². The maximum Gasteiger partial charge on any atom is 1.00 e. The van der Waals surface area contributed by atoms with Crippen molar-refractivity contribution in [3.63, 3.8) is 0 Å². The summed E-state index contributed by atoms with van der Waals surface area (Å²) in [6.45, 7) is 0. The molecule has 0 bridgehead atoms. The zero-order valence-corrected chi connectivity index (χ0v) is 15.3. The summed E-state index contributed by atoms with van der Waals surface area (Å²) in [6.07, 6.45) is 0. The molecule has 0 aromatic heterocycles. The van der Waals surface area contributed by atoms with Gasteiger partial charge in [0.25, 0.3) is 0 Å². The minimum absolute atomic E-state index is 0. The van der Waals surface area contributed by atoms with Gasteiger partial charge in [-0.25, -0.2) is 0 Å². The maximum absolute atomic E-state index is 8.74. The van der Waals surface area contributed by atoms with E-state index in [9.17, 15) is 0 Å². The molecule has 0 heterocycles. The van der Waals surface area contributed by atoms with Gasteiger partial charge in [0.1, 0.15) is 0 Å². The molecule has 0 saturated heterocycles. The Labute approximate surface area is 177 Å². The molecule has 0 aliphatic heterocycles. The van der Waals surface area contributed by atoms with Crippen molar-refractivity contribution in [2.24, 2.45) is 0 Å². The smallest absolute Gasteiger partial charge is 0.264 e. The summed E-state index contributed by atoms with van der Waals surface area (Å²) in [5.74, 6) is 0. The average Bonchev–Trinajstić information content (AvgIpc) is 0.722. The van der Waals surface area contributed by atoms with Crippen LogP contribution in [0.4, 0.5) is 0 Å². The van der Waals surface area contributed by atoms with Crippen LogP contribution in [0.25, 0.3) is 0 Å². The number of hydrogen-bond acceptors (Lipinski definition) is 2. The van der Waals surface area contributed by atoms with E-state index < -0.39 is 10.4 Å². The normalized spacial score (nSPS) is 7.25. The zero-order chi connectivity index (χ0) is 4.50. The van der Waals surface area contributed by atoms with Crippen molar-refractivity contribution in [1.82, 2.24) is 0 Å². The van der Waals surface area contributed by atoms with Crippen LogP contribution in [0.1, 0.15) is 1.43 Å². The molecule has 0 spiro atoms. The largest absolute Gasteiger partial charge is 1.00 e. The van der Waals surface area contributed by atoms with E-state index >= 15 is 0 Å². The van der Waals surface area contributed by atoms with Gasteiger partial charge in [-0.15, -0.1) is 0 Å². The van der Waals surface area contributed by atoms with Gasteiger partial charge in [0.05, 0.1) is 0 Å². The van der Waals surface area contributed by atoms with E-state index in [1.165, 1.54) is 0 Å². The van der Waals surface area contributed by atoms with Crippen LogP contribution < -0.4 is 154 Å². The minimum atomic E-state index is -4.67. The predicted molar refractivity (Wildman–Crippen MR) is 15.3 cm³/mol. The van der Waals surface area contributed by atoms with E-state index in [1.807, 2.05) is 0 Å². The van der Waals surface area contributed by atoms with Gasteiger partial charge >= 0.3 is 166 Å². The fourth-order valence-electron chi connectivity index (χ4n) is 0. The van der Waals surface area contributed by atoms with E-state index in [4.69, 9.17) is 17.5 Å². The fraction of sp³-hybridized carbons (Fsp3) is 0. The SMILES string of the molecule is O=S(=O)(O)O.[H+].[K+].[K+].[K+]. The molecule has 0 saturated carbocycles. The van der Waals surface area contributed by atoms with Gasteiger partial charge in [0.15, 0.2) is 0 Å². The molecule has 8 heteroatoms. The van der Waals surface area contributed by atoms with Gasteiger partial charge in [-0.05, 0) is 0 Å². The average molecular weight is 216 g/mol. The fourth-order valence-corrected chi connectivity index (χ4v) is 0. The third kappa shape index (κ3) is 45.1. The van der Waals surface area contributed by atoms with Gasteiger partial charge < -0.3 is 0 Å².